The van der Waals surface area contributed by atoms with Gasteiger partial charge in [0, 0.05) is 6.42 Å². The Morgan fingerprint density at radius 3 is 2.17 bits per heavy atom. The van der Waals surface area contributed by atoms with Crippen LogP contribution in [0.2, 0.25) is 10.0 Å². The number of alkyl halides is 3. The molecule has 24 heavy (non-hydrogen) atoms. The van der Waals surface area contributed by atoms with Crippen molar-refractivity contribution < 1.29 is 4.79 Å². The van der Waals surface area contributed by atoms with Gasteiger partial charge in [-0.15, -0.1) is 0 Å². The largest absolute Gasteiger partial charge is 0.339 e. The van der Waals surface area contributed by atoms with Crippen LogP contribution in [0.5, 0.6) is 0 Å². The Kier molecular flexibility index (Phi) is 8.66. The average molecular weight is 452 g/mol. The molecule has 1 rings (SSSR count). The number of thiocarbonyl (C=S) groups is 1. The van der Waals surface area contributed by atoms with Crippen LogP contribution >= 0.6 is 70.2 Å². The molecule has 0 fully saturated rings. The summed E-state index contributed by atoms with van der Waals surface area (Å²) in [5.41, 5.74) is 0.412. The van der Waals surface area contributed by atoms with Gasteiger partial charge in [0.05, 0.1) is 15.7 Å². The molecule has 0 aliphatic heterocycles. The van der Waals surface area contributed by atoms with Crippen molar-refractivity contribution >= 4 is 86.9 Å². The molecule has 0 heterocycles. The molecule has 0 unspecified atom stereocenters. The van der Waals surface area contributed by atoms with Gasteiger partial charge in [-0.2, -0.15) is 0 Å². The number of halogens is 5. The highest BCUT2D eigenvalue weighted by Crippen LogP contribution is 2.31. The normalized spacial score (nSPS) is 12.7. The third kappa shape index (κ3) is 7.38. The van der Waals surface area contributed by atoms with Crippen LogP contribution in [0, 0.1) is 5.92 Å². The fraction of sp³-hybridized carbons (Fsp3) is 0.429. The maximum atomic E-state index is 11.9. The summed E-state index contributed by atoms with van der Waals surface area (Å²) in [5, 5.41) is 9.00. The Bertz CT molecular complexity index is 586. The Morgan fingerprint density at radius 1 is 1.17 bits per heavy atom. The SMILES string of the molecule is CC(C)CC(=O)N[C@@H](NC(=S)Nc1c(Cl)cccc1Cl)C(Cl)(Cl)Cl. The summed E-state index contributed by atoms with van der Waals surface area (Å²) in [5.74, 6) is -0.111. The monoisotopic (exact) mass is 449 g/mol. The smallest absolute Gasteiger partial charge is 0.228 e. The zero-order valence-corrected chi connectivity index (χ0v) is 17.4. The molecule has 134 valence electrons. The minimum Gasteiger partial charge on any atom is -0.339 e. The van der Waals surface area contributed by atoms with Crippen LogP contribution in [-0.4, -0.2) is 21.0 Å². The first-order chi connectivity index (χ1) is 11.0. The van der Waals surface area contributed by atoms with Gasteiger partial charge in [-0.3, -0.25) is 4.79 Å². The van der Waals surface area contributed by atoms with Gasteiger partial charge in [-0.25, -0.2) is 0 Å². The van der Waals surface area contributed by atoms with E-state index in [0.29, 0.717) is 15.7 Å². The number of para-hydroxylation sites is 1. The summed E-state index contributed by atoms with van der Waals surface area (Å²) in [6, 6.07) is 4.99. The van der Waals surface area contributed by atoms with E-state index in [-0.39, 0.29) is 23.4 Å². The van der Waals surface area contributed by atoms with Crippen LogP contribution in [0.1, 0.15) is 20.3 Å². The Labute approximate surface area is 171 Å². The number of carbonyl (C=O) groups is 1. The van der Waals surface area contributed by atoms with E-state index in [9.17, 15) is 4.79 Å². The van der Waals surface area contributed by atoms with Crippen molar-refractivity contribution in [3.8, 4) is 0 Å². The van der Waals surface area contributed by atoms with Crippen molar-refractivity contribution in [1.29, 1.82) is 0 Å². The molecule has 4 nitrogen and oxygen atoms in total. The fourth-order valence-electron chi connectivity index (χ4n) is 1.69. The van der Waals surface area contributed by atoms with Crippen molar-refractivity contribution in [2.45, 2.75) is 30.2 Å². The van der Waals surface area contributed by atoms with Crippen molar-refractivity contribution in [1.82, 2.24) is 10.6 Å². The predicted octanol–water partition coefficient (Wildman–Crippen LogP) is 5.14. The number of rotatable bonds is 5. The number of benzene rings is 1. The number of amides is 1. The molecule has 0 bridgehead atoms. The molecule has 0 saturated carbocycles. The average Bonchev–Trinajstić information content (AvgIpc) is 2.40. The molecular formula is C14H16Cl5N3OS. The molecule has 1 amide bonds. The van der Waals surface area contributed by atoms with E-state index in [1.165, 1.54) is 0 Å². The third-order valence-corrected chi connectivity index (χ3v) is 4.21. The van der Waals surface area contributed by atoms with Gasteiger partial charge >= 0.3 is 0 Å². The lowest BCUT2D eigenvalue weighted by molar-refractivity contribution is -0.122. The van der Waals surface area contributed by atoms with Crippen LogP contribution in [0.3, 0.4) is 0 Å². The molecule has 3 N–H and O–H groups in total. The van der Waals surface area contributed by atoms with E-state index in [1.54, 1.807) is 18.2 Å². The molecule has 1 aromatic rings. The lowest BCUT2D eigenvalue weighted by Gasteiger charge is -2.28. The number of anilines is 1. The summed E-state index contributed by atoms with van der Waals surface area (Å²) in [6.07, 6.45) is -0.745. The Hall–Kier alpha value is -0.170. The van der Waals surface area contributed by atoms with Gasteiger partial charge < -0.3 is 16.0 Å². The van der Waals surface area contributed by atoms with Gasteiger partial charge in [0.2, 0.25) is 9.70 Å². The highest BCUT2D eigenvalue weighted by atomic mass is 35.6. The molecule has 0 aliphatic carbocycles. The van der Waals surface area contributed by atoms with Crippen LogP contribution in [0.25, 0.3) is 0 Å². The molecule has 0 radical (unpaired) electrons. The molecule has 1 aromatic carbocycles. The number of nitrogens with one attached hydrogen (secondary N) is 3. The van der Waals surface area contributed by atoms with E-state index in [2.05, 4.69) is 16.0 Å². The van der Waals surface area contributed by atoms with Crippen molar-refractivity contribution in [3.63, 3.8) is 0 Å². The highest BCUT2D eigenvalue weighted by molar-refractivity contribution is 7.80. The zero-order chi connectivity index (χ0) is 18.5. The van der Waals surface area contributed by atoms with Crippen LogP contribution in [-0.2, 0) is 4.79 Å². The zero-order valence-electron chi connectivity index (χ0n) is 12.8. The predicted molar refractivity (Wildman–Crippen MR) is 107 cm³/mol. The van der Waals surface area contributed by atoms with E-state index in [0.717, 1.165) is 0 Å². The van der Waals surface area contributed by atoms with E-state index in [4.69, 9.17) is 70.2 Å². The van der Waals surface area contributed by atoms with Gasteiger partial charge in [0.1, 0.15) is 6.17 Å². The van der Waals surface area contributed by atoms with Gasteiger partial charge in [-0.05, 0) is 30.3 Å². The number of hydrogen-bond donors (Lipinski definition) is 3. The number of carbonyl (C=O) groups excluding carboxylic acids is 1. The first-order valence-corrected chi connectivity index (χ1v) is 9.18. The van der Waals surface area contributed by atoms with Gasteiger partial charge in [0.15, 0.2) is 5.11 Å². The third-order valence-electron chi connectivity index (χ3n) is 2.70. The second kappa shape index (κ2) is 9.51. The number of hydrogen-bond acceptors (Lipinski definition) is 2. The molecule has 10 heteroatoms. The molecule has 1 atom stereocenters. The van der Waals surface area contributed by atoms with Crippen LogP contribution < -0.4 is 16.0 Å². The lowest BCUT2D eigenvalue weighted by Crippen LogP contribution is -2.56. The Morgan fingerprint density at radius 2 is 1.71 bits per heavy atom. The van der Waals surface area contributed by atoms with Crippen molar-refractivity contribution in [3.05, 3.63) is 28.2 Å². The second-order valence-electron chi connectivity index (χ2n) is 5.34. The summed E-state index contributed by atoms with van der Waals surface area (Å²) in [4.78, 5) is 11.9. The fourth-order valence-corrected chi connectivity index (χ4v) is 2.73. The molecule has 0 spiro atoms. The minimum atomic E-state index is -1.82. The van der Waals surface area contributed by atoms with Gasteiger partial charge in [0.25, 0.3) is 0 Å². The maximum Gasteiger partial charge on any atom is 0.228 e. The van der Waals surface area contributed by atoms with E-state index in [1.807, 2.05) is 13.8 Å². The van der Waals surface area contributed by atoms with Gasteiger partial charge in [-0.1, -0.05) is 77.9 Å². The first-order valence-electron chi connectivity index (χ1n) is 6.88. The quantitative estimate of drug-likeness (QED) is 0.330. The second-order valence-corrected chi connectivity index (χ2v) is 8.93. The summed E-state index contributed by atoms with van der Waals surface area (Å²) in [6.45, 7) is 3.81. The van der Waals surface area contributed by atoms with Crippen molar-refractivity contribution in [2.75, 3.05) is 5.32 Å². The summed E-state index contributed by atoms with van der Waals surface area (Å²) >= 11 is 35.0. The maximum absolute atomic E-state index is 11.9. The molecule has 0 aliphatic rings. The molecule has 0 aromatic heterocycles. The standard InChI is InChI=1S/C14H16Cl5N3OS/c1-7(2)6-10(23)20-12(14(17,18)19)22-13(24)21-11-8(15)4-3-5-9(11)16/h3-5,7,12H,6H2,1-2H3,(H,20,23)(H2,21,22,24)/t12-/m0/s1. The highest BCUT2D eigenvalue weighted by Gasteiger charge is 2.34. The topological polar surface area (TPSA) is 53.2 Å². The molecular weight excluding hydrogens is 436 g/mol. The summed E-state index contributed by atoms with van der Waals surface area (Å²) < 4.78 is -1.82. The van der Waals surface area contributed by atoms with Crippen LogP contribution in [0.15, 0.2) is 18.2 Å². The minimum absolute atomic E-state index is 0.0890. The first kappa shape index (κ1) is 21.9. The van der Waals surface area contributed by atoms with Crippen LogP contribution in [0.4, 0.5) is 5.69 Å². The molecule has 0 saturated heterocycles. The van der Waals surface area contributed by atoms with E-state index < -0.39 is 9.96 Å². The Balaban J connectivity index is 2.80. The lowest BCUT2D eigenvalue weighted by atomic mass is 10.1. The van der Waals surface area contributed by atoms with Crippen molar-refractivity contribution in [2.24, 2.45) is 5.92 Å². The summed E-state index contributed by atoms with van der Waals surface area (Å²) in [7, 11) is 0. The van der Waals surface area contributed by atoms with E-state index >= 15 is 0 Å².